The summed E-state index contributed by atoms with van der Waals surface area (Å²) < 4.78 is 10.1. The fraction of sp³-hybridized carbons (Fsp3) is 0.273. The van der Waals surface area contributed by atoms with E-state index in [1.54, 1.807) is 19.2 Å². The van der Waals surface area contributed by atoms with E-state index in [1.807, 2.05) is 6.07 Å². The highest BCUT2D eigenvalue weighted by molar-refractivity contribution is 8.01. The minimum absolute atomic E-state index is 0.624. The van der Waals surface area contributed by atoms with Gasteiger partial charge in [-0.05, 0) is 29.7 Å². The van der Waals surface area contributed by atoms with Gasteiger partial charge in [-0.25, -0.2) is 4.98 Å². The van der Waals surface area contributed by atoms with E-state index in [1.165, 1.54) is 23.3 Å². The van der Waals surface area contributed by atoms with Crippen molar-refractivity contribution in [3.63, 3.8) is 0 Å². The normalized spacial score (nSPS) is 10.8. The van der Waals surface area contributed by atoms with Crippen molar-refractivity contribution in [1.82, 2.24) is 9.36 Å². The second-order valence-electron chi connectivity index (χ2n) is 3.40. The van der Waals surface area contributed by atoms with Gasteiger partial charge in [-0.15, -0.1) is 0 Å². The zero-order valence-electron chi connectivity index (χ0n) is 9.52. The Balaban J connectivity index is 2.08. The lowest BCUT2D eigenvalue weighted by atomic mass is 10.4. The van der Waals surface area contributed by atoms with Crippen LogP contribution < -0.4 is 0 Å². The Hall–Kier alpha value is -0.330. The molecule has 18 heavy (non-hydrogen) atoms. The third kappa shape index (κ3) is 3.83. The lowest BCUT2D eigenvalue weighted by molar-refractivity contribution is 0.200. The summed E-state index contributed by atoms with van der Waals surface area (Å²) in [5.41, 5.74) is 0. The molecule has 0 unspecified atom stereocenters. The summed E-state index contributed by atoms with van der Waals surface area (Å²) in [4.78, 5) is 5.29. The number of ether oxygens (including phenoxy) is 1. The first-order valence-corrected chi connectivity index (χ1v) is 7.48. The third-order valence-corrected chi connectivity index (χ3v) is 4.59. The molecule has 0 aliphatic heterocycles. The Morgan fingerprint density at radius 3 is 3.00 bits per heavy atom. The highest BCUT2D eigenvalue weighted by atomic mass is 35.5. The van der Waals surface area contributed by atoms with Crippen molar-refractivity contribution in [2.45, 2.75) is 15.7 Å². The number of hydrogen-bond acceptors (Lipinski definition) is 5. The van der Waals surface area contributed by atoms with Gasteiger partial charge in [-0.3, -0.25) is 0 Å². The number of aromatic nitrogens is 2. The van der Waals surface area contributed by atoms with E-state index in [0.717, 1.165) is 21.5 Å². The van der Waals surface area contributed by atoms with Crippen LogP contribution in [0.25, 0.3) is 0 Å². The lowest BCUT2D eigenvalue weighted by Crippen LogP contribution is -1.95. The SMILES string of the molecule is COCCc1nsc(Sc2cc(Cl)ccc2Cl)n1. The standard InChI is InChI=1S/C11H10Cl2N2OS2/c1-16-5-4-10-14-11(18-15-10)17-9-6-7(12)2-3-8(9)13/h2-3,6H,4-5H2,1H3. The molecule has 0 atom stereocenters. The van der Waals surface area contributed by atoms with Crippen LogP contribution in [0.5, 0.6) is 0 Å². The first-order valence-electron chi connectivity index (χ1n) is 5.13. The van der Waals surface area contributed by atoms with Crippen LogP contribution in [-0.4, -0.2) is 23.1 Å². The number of rotatable bonds is 5. The van der Waals surface area contributed by atoms with Crippen LogP contribution >= 0.6 is 46.5 Å². The first kappa shape index (κ1) is 14.1. The predicted molar refractivity (Wildman–Crippen MR) is 76.1 cm³/mol. The van der Waals surface area contributed by atoms with Crippen LogP contribution in [-0.2, 0) is 11.2 Å². The van der Waals surface area contributed by atoms with Gasteiger partial charge in [0.2, 0.25) is 0 Å². The smallest absolute Gasteiger partial charge is 0.174 e. The maximum atomic E-state index is 6.09. The van der Waals surface area contributed by atoms with Gasteiger partial charge in [-0.1, -0.05) is 35.0 Å². The molecule has 0 saturated carbocycles. The summed E-state index contributed by atoms with van der Waals surface area (Å²) in [6, 6.07) is 5.36. The topological polar surface area (TPSA) is 35.0 Å². The van der Waals surface area contributed by atoms with Crippen molar-refractivity contribution in [2.75, 3.05) is 13.7 Å². The molecule has 1 heterocycles. The molecule has 0 bridgehead atoms. The quantitative estimate of drug-likeness (QED) is 0.827. The summed E-state index contributed by atoms with van der Waals surface area (Å²) in [6.07, 6.45) is 0.719. The van der Waals surface area contributed by atoms with E-state index >= 15 is 0 Å². The van der Waals surface area contributed by atoms with Crippen molar-refractivity contribution in [3.8, 4) is 0 Å². The number of nitrogens with zero attached hydrogens (tertiary/aromatic N) is 2. The van der Waals surface area contributed by atoms with Gasteiger partial charge >= 0.3 is 0 Å². The molecule has 0 aliphatic carbocycles. The van der Waals surface area contributed by atoms with Crippen molar-refractivity contribution in [2.24, 2.45) is 0 Å². The van der Waals surface area contributed by atoms with Crippen molar-refractivity contribution in [3.05, 3.63) is 34.1 Å². The molecular weight excluding hydrogens is 311 g/mol. The number of halogens is 2. The molecule has 0 amide bonds. The molecule has 1 aromatic carbocycles. The van der Waals surface area contributed by atoms with Crippen LogP contribution in [0.1, 0.15) is 5.82 Å². The molecule has 0 N–H and O–H groups in total. The van der Waals surface area contributed by atoms with Gasteiger partial charge in [0.25, 0.3) is 0 Å². The van der Waals surface area contributed by atoms with Crippen molar-refractivity contribution < 1.29 is 4.74 Å². The van der Waals surface area contributed by atoms with E-state index in [-0.39, 0.29) is 0 Å². The molecule has 3 nitrogen and oxygen atoms in total. The van der Waals surface area contributed by atoms with Crippen LogP contribution in [0.3, 0.4) is 0 Å². The second kappa shape index (κ2) is 6.73. The van der Waals surface area contributed by atoms with Gasteiger partial charge in [-0.2, -0.15) is 4.37 Å². The summed E-state index contributed by atoms with van der Waals surface area (Å²) >= 11 is 14.9. The molecule has 7 heteroatoms. The van der Waals surface area contributed by atoms with Gasteiger partial charge < -0.3 is 4.74 Å². The maximum Gasteiger partial charge on any atom is 0.174 e. The van der Waals surface area contributed by atoms with E-state index in [9.17, 15) is 0 Å². The molecule has 0 radical (unpaired) electrons. The summed E-state index contributed by atoms with van der Waals surface area (Å²) in [5.74, 6) is 0.794. The minimum atomic E-state index is 0.624. The predicted octanol–water partition coefficient (Wildman–Crippen LogP) is 4.19. The zero-order valence-corrected chi connectivity index (χ0v) is 12.7. The van der Waals surface area contributed by atoms with E-state index in [0.29, 0.717) is 16.7 Å². The highest BCUT2D eigenvalue weighted by Crippen LogP contribution is 2.35. The van der Waals surface area contributed by atoms with Crippen molar-refractivity contribution in [1.29, 1.82) is 0 Å². The third-order valence-electron chi connectivity index (χ3n) is 2.07. The van der Waals surface area contributed by atoms with Gasteiger partial charge in [0.1, 0.15) is 5.82 Å². The Kier molecular flexibility index (Phi) is 5.26. The fourth-order valence-corrected chi connectivity index (χ4v) is 3.38. The van der Waals surface area contributed by atoms with Gasteiger partial charge in [0.15, 0.2) is 4.34 Å². The summed E-state index contributed by atoms with van der Waals surface area (Å²) in [5, 5.41) is 1.32. The summed E-state index contributed by atoms with van der Waals surface area (Å²) in [7, 11) is 1.66. The average molecular weight is 321 g/mol. The Bertz CT molecular complexity index is 534. The van der Waals surface area contributed by atoms with E-state index in [2.05, 4.69) is 9.36 Å². The minimum Gasteiger partial charge on any atom is -0.384 e. The van der Waals surface area contributed by atoms with E-state index < -0.39 is 0 Å². The number of methoxy groups -OCH3 is 1. The lowest BCUT2D eigenvalue weighted by Gasteiger charge is -2.01. The second-order valence-corrected chi connectivity index (χ2v) is 6.28. The molecule has 0 saturated heterocycles. The van der Waals surface area contributed by atoms with Crippen LogP contribution in [0.2, 0.25) is 10.0 Å². The maximum absolute atomic E-state index is 6.09. The largest absolute Gasteiger partial charge is 0.384 e. The fourth-order valence-electron chi connectivity index (χ4n) is 1.22. The molecule has 2 rings (SSSR count). The van der Waals surface area contributed by atoms with Crippen LogP contribution in [0, 0.1) is 0 Å². The molecular formula is C11H10Cl2N2OS2. The number of hydrogen-bond donors (Lipinski definition) is 0. The Morgan fingerprint density at radius 2 is 2.22 bits per heavy atom. The molecule has 1 aromatic heterocycles. The average Bonchev–Trinajstić information content (AvgIpc) is 2.79. The van der Waals surface area contributed by atoms with Crippen LogP contribution in [0.4, 0.5) is 0 Å². The molecule has 2 aromatic rings. The molecule has 0 spiro atoms. The molecule has 0 fully saturated rings. The monoisotopic (exact) mass is 320 g/mol. The zero-order chi connectivity index (χ0) is 13.0. The van der Waals surface area contributed by atoms with Gasteiger partial charge in [0, 0.05) is 23.4 Å². The number of benzene rings is 1. The molecule has 0 aliphatic rings. The van der Waals surface area contributed by atoms with E-state index in [4.69, 9.17) is 27.9 Å². The molecule has 96 valence electrons. The first-order chi connectivity index (χ1) is 8.69. The Labute approximate surface area is 124 Å². The highest BCUT2D eigenvalue weighted by Gasteiger charge is 2.09. The Morgan fingerprint density at radius 1 is 1.39 bits per heavy atom. The van der Waals surface area contributed by atoms with Crippen molar-refractivity contribution >= 4 is 46.5 Å². The summed E-state index contributed by atoms with van der Waals surface area (Å²) in [6.45, 7) is 0.624. The van der Waals surface area contributed by atoms with Crippen LogP contribution in [0.15, 0.2) is 27.4 Å². The van der Waals surface area contributed by atoms with Gasteiger partial charge in [0.05, 0.1) is 11.6 Å².